The molecule has 28 heteroatoms. The van der Waals surface area contributed by atoms with Crippen LogP contribution in [0.1, 0.15) is 47.2 Å². The Balaban J connectivity index is 1.39. The summed E-state index contributed by atoms with van der Waals surface area (Å²) in [5.74, 6) is 0. The fourth-order valence-corrected chi connectivity index (χ4v) is 16.3. The van der Waals surface area contributed by atoms with Crippen LogP contribution in [0.15, 0.2) is 34.7 Å². The van der Waals surface area contributed by atoms with E-state index in [4.69, 9.17) is 4.42 Å². The van der Waals surface area contributed by atoms with E-state index in [1.807, 2.05) is 0 Å². The summed E-state index contributed by atoms with van der Waals surface area (Å²) in [6.45, 7) is 4.96. The van der Waals surface area contributed by atoms with Gasteiger partial charge < -0.3 is 9.32 Å². The third-order valence-corrected chi connectivity index (χ3v) is 23.0. The molecule has 0 aliphatic heterocycles. The van der Waals surface area contributed by atoms with Gasteiger partial charge in [-0.25, -0.2) is 0 Å². The van der Waals surface area contributed by atoms with Gasteiger partial charge in [0.15, 0.2) is 0 Å². The van der Waals surface area contributed by atoms with Gasteiger partial charge in [-0.1, -0.05) is 101 Å². The van der Waals surface area contributed by atoms with Gasteiger partial charge in [-0.05, 0) is 86.0 Å². The van der Waals surface area contributed by atoms with E-state index in [1.54, 1.807) is 0 Å². The lowest BCUT2D eigenvalue weighted by Gasteiger charge is -2.43. The maximum absolute atomic E-state index is 7.32. The van der Waals surface area contributed by atoms with Crippen molar-refractivity contribution in [1.29, 1.82) is 0 Å². The SMILES string of the molecule is Bc1cc(N(c2cc(B)c3c(c2)C(C)(C)c2c(B)c(B)c(B)c(B)c2-3)c2cc(B)c(B)c3oc4c(B)c(B)c(B)c(B)c4c23)cc(C2(c3c(B)c(B)c(B)c(B)c3B)c3c(B)c(B)c(B)c(B)c3-c3c(B)c(B)c(B)c(B)c32)c1B. The average Bonchev–Trinajstić information content (AvgIpc) is 4.05. The Morgan fingerprint density at radius 3 is 1.12 bits per heavy atom. The number of hydrogen-bond donors (Lipinski definition) is 0. The molecule has 0 atom stereocenters. The highest BCUT2D eigenvalue weighted by atomic mass is 16.3. The predicted molar refractivity (Wildman–Crippen MR) is 436 cm³/mol. The number of fused-ring (bicyclic) bond motifs is 9. The highest BCUT2D eigenvalue weighted by molar-refractivity contribution is 6.72. The van der Waals surface area contributed by atoms with Crippen molar-refractivity contribution in [2.45, 2.75) is 24.7 Å². The lowest BCUT2D eigenvalue weighted by molar-refractivity contribution is 0.665. The van der Waals surface area contributed by atoms with E-state index in [2.05, 4.69) is 253 Å². The van der Waals surface area contributed by atoms with Crippen molar-refractivity contribution >= 4 is 385 Å². The number of nitrogens with zero attached hydrogens (tertiary/aromatic N) is 1. The standard InChI is InChI=1S/C52H63B26NO/c1-51(2)10-3-8(5-12(53)16(10)18-22(51)32(62)41(71)37(67)28(18)58)79(15-7-14(55)27(57)49-17(15)21-31(61)40(70)47(77)48(78)50(21)80-49)9-4-11(26(56)13(54)6-9)52(25-35(65)44(74)46(76)45(75)36(25)66)23-19(29(59)38(68)42(72)33(23)63)20-24(52)34(64)43(73)39(69)30(20)60/h3-7H,53-78H2,1-2H3. The smallest absolute Gasteiger partial charge is 0.143 e. The molecule has 0 amide bonds. The Labute approximate surface area is 501 Å². The van der Waals surface area contributed by atoms with Crippen molar-refractivity contribution in [2.75, 3.05) is 4.90 Å². The van der Waals surface area contributed by atoms with E-state index in [-0.39, 0.29) is 5.41 Å². The van der Waals surface area contributed by atoms with E-state index in [0.717, 1.165) is 22.5 Å². The van der Waals surface area contributed by atoms with Crippen molar-refractivity contribution in [1.82, 2.24) is 0 Å². The molecule has 8 aromatic carbocycles. The largest absolute Gasteiger partial charge is 0.457 e. The predicted octanol–water partition coefficient (Wildman–Crippen LogP) is -31.6. The second-order valence-corrected chi connectivity index (χ2v) is 26.4. The molecule has 9 aromatic rings. The summed E-state index contributed by atoms with van der Waals surface area (Å²) in [6.07, 6.45) is 0. The van der Waals surface area contributed by atoms with E-state index in [0.29, 0.717) is 0 Å². The van der Waals surface area contributed by atoms with Crippen molar-refractivity contribution in [3.05, 3.63) is 63.7 Å². The van der Waals surface area contributed by atoms with Gasteiger partial charge in [0.05, 0.1) is 16.5 Å². The van der Waals surface area contributed by atoms with Gasteiger partial charge in [-0.2, -0.15) is 0 Å². The van der Waals surface area contributed by atoms with E-state index >= 15 is 0 Å². The van der Waals surface area contributed by atoms with E-state index in [1.165, 1.54) is 214 Å². The fraction of sp³-hybridized carbons (Fsp3) is 0.0769. The summed E-state index contributed by atoms with van der Waals surface area (Å²) in [6, 6.07) is 12.8. The third kappa shape index (κ3) is 7.10. The van der Waals surface area contributed by atoms with Gasteiger partial charge in [0.2, 0.25) is 0 Å². The average molecular weight is 999 g/mol. The quantitative estimate of drug-likeness (QED) is 0.160. The van der Waals surface area contributed by atoms with Crippen LogP contribution in [0.25, 0.3) is 44.2 Å². The van der Waals surface area contributed by atoms with Crippen LogP contribution in [-0.2, 0) is 10.8 Å². The minimum Gasteiger partial charge on any atom is -0.457 e. The normalized spacial score (nSPS) is 13.6. The topological polar surface area (TPSA) is 16.4 Å². The van der Waals surface area contributed by atoms with Crippen LogP contribution in [0.4, 0.5) is 17.1 Å². The van der Waals surface area contributed by atoms with Gasteiger partial charge >= 0.3 is 0 Å². The Kier molecular flexibility index (Phi) is 13.4. The minimum absolute atomic E-state index is 0.240. The second kappa shape index (κ2) is 18.8. The zero-order valence-electron chi connectivity index (χ0n) is 54.2. The Bertz CT molecular complexity index is 4330. The molecule has 2 nitrogen and oxygen atoms in total. The summed E-state index contributed by atoms with van der Waals surface area (Å²) in [5.41, 5.74) is 54.0. The lowest BCUT2D eigenvalue weighted by atomic mass is 9.49. The van der Waals surface area contributed by atoms with Crippen LogP contribution in [0.2, 0.25) is 0 Å². The van der Waals surface area contributed by atoms with Gasteiger partial charge in [-0.15, -0.1) is 54.6 Å². The van der Waals surface area contributed by atoms with Crippen molar-refractivity contribution in [2.24, 2.45) is 0 Å². The molecule has 0 saturated heterocycles. The number of furan rings is 1. The van der Waals surface area contributed by atoms with Crippen LogP contribution in [0.5, 0.6) is 0 Å². The first kappa shape index (κ1) is 56.9. The zero-order chi connectivity index (χ0) is 58.6. The molecule has 11 rings (SSSR count). The third-order valence-electron chi connectivity index (χ3n) is 23.0. The maximum Gasteiger partial charge on any atom is 0.143 e. The Morgan fingerprint density at radius 1 is 0.287 bits per heavy atom. The maximum atomic E-state index is 7.32. The fourth-order valence-electron chi connectivity index (χ4n) is 16.3. The van der Waals surface area contributed by atoms with Crippen LogP contribution >= 0.6 is 0 Å². The molecule has 360 valence electrons. The molecule has 1 heterocycles. The van der Waals surface area contributed by atoms with Crippen LogP contribution < -0.4 is 147 Å². The molecular weight excluding hydrogens is 936 g/mol. The molecule has 0 bridgehead atoms. The molecule has 0 saturated carbocycles. The monoisotopic (exact) mass is 1000 g/mol. The molecule has 80 heavy (non-hydrogen) atoms. The number of rotatable bonds is 5. The molecule has 1 aromatic heterocycles. The number of benzene rings is 8. The van der Waals surface area contributed by atoms with Gasteiger partial charge in [0.25, 0.3) is 0 Å². The first-order valence-corrected chi connectivity index (χ1v) is 29.7. The number of hydrogen-bond acceptors (Lipinski definition) is 2. The van der Waals surface area contributed by atoms with Crippen LogP contribution in [-0.4, -0.2) is 204 Å². The molecule has 0 N–H and O–H groups in total. The molecule has 0 spiro atoms. The highest BCUT2D eigenvalue weighted by Crippen LogP contribution is 2.54. The molecule has 0 unspecified atom stereocenters. The lowest BCUT2D eigenvalue weighted by Crippen LogP contribution is -2.62. The van der Waals surface area contributed by atoms with Gasteiger partial charge in [0, 0.05) is 22.2 Å². The Morgan fingerprint density at radius 2 is 0.637 bits per heavy atom. The van der Waals surface area contributed by atoms with Crippen LogP contribution in [0.3, 0.4) is 0 Å². The molecule has 0 radical (unpaired) electrons. The van der Waals surface area contributed by atoms with Gasteiger partial charge in [-0.3, -0.25) is 0 Å². The summed E-state index contributed by atoms with van der Waals surface area (Å²) < 4.78 is 7.32. The van der Waals surface area contributed by atoms with Gasteiger partial charge in [0.1, 0.15) is 215 Å². The van der Waals surface area contributed by atoms with Crippen LogP contribution in [0, 0.1) is 0 Å². The van der Waals surface area contributed by atoms with Crippen molar-refractivity contribution in [3.63, 3.8) is 0 Å². The summed E-state index contributed by atoms with van der Waals surface area (Å²) in [4.78, 5) is 2.68. The molecule has 2 aliphatic rings. The number of anilines is 3. The first-order chi connectivity index (χ1) is 37.3. The second-order valence-electron chi connectivity index (χ2n) is 26.4. The van der Waals surface area contributed by atoms with E-state index in [9.17, 15) is 0 Å². The first-order valence-electron chi connectivity index (χ1n) is 29.7. The zero-order valence-corrected chi connectivity index (χ0v) is 54.2. The molecular formula is C52H63B26NO. The minimum atomic E-state index is -0.676. The summed E-state index contributed by atoms with van der Waals surface area (Å²) >= 11 is 0. The van der Waals surface area contributed by atoms with E-state index < -0.39 is 5.41 Å². The van der Waals surface area contributed by atoms with Crippen molar-refractivity contribution < 1.29 is 4.42 Å². The van der Waals surface area contributed by atoms with Crippen molar-refractivity contribution in [3.8, 4) is 22.3 Å². The summed E-state index contributed by atoms with van der Waals surface area (Å²) in [7, 11) is 61.5. The highest BCUT2D eigenvalue weighted by Gasteiger charge is 2.52. The summed E-state index contributed by atoms with van der Waals surface area (Å²) in [5, 5.41) is 2.40. The molecule has 0 fully saturated rings. The Hall–Kier alpha value is -4.95. The molecule has 2 aliphatic carbocycles.